The average Bonchev–Trinajstić information content (AvgIpc) is 3.49. The fourth-order valence-electron chi connectivity index (χ4n) is 4.44. The lowest BCUT2D eigenvalue weighted by Gasteiger charge is -2.09. The van der Waals surface area contributed by atoms with Crippen LogP contribution in [0.2, 0.25) is 5.02 Å². The third kappa shape index (κ3) is 3.41. The standard InChI is InChI=1S/C25H20ClN5O2S/c1-13-18(12-30(2)29-13)17-4-3-5-19(26)22(17)21-9-20-23(34-21)24(32)31(25(33)28-20)16-8-15(10-27-11-16)14-6-7-14/h3-5,8-12,14H,6-7H2,1-2H3,(H,28,33). The molecule has 0 atom stereocenters. The van der Waals surface area contributed by atoms with Gasteiger partial charge in [0, 0.05) is 40.5 Å². The van der Waals surface area contributed by atoms with Gasteiger partial charge in [-0.05, 0) is 55.0 Å². The molecule has 0 unspecified atom stereocenters. The van der Waals surface area contributed by atoms with Crippen LogP contribution < -0.4 is 11.2 Å². The predicted octanol–water partition coefficient (Wildman–Crippen LogP) is 5.04. The lowest BCUT2D eigenvalue weighted by Crippen LogP contribution is -2.33. The summed E-state index contributed by atoms with van der Waals surface area (Å²) in [7, 11) is 1.88. The molecule has 9 heteroatoms. The van der Waals surface area contributed by atoms with E-state index < -0.39 is 5.69 Å². The maximum atomic E-state index is 13.5. The molecule has 0 amide bonds. The Labute approximate surface area is 203 Å². The minimum Gasteiger partial charge on any atom is -0.306 e. The van der Waals surface area contributed by atoms with Crippen LogP contribution in [0.3, 0.4) is 0 Å². The van der Waals surface area contributed by atoms with Gasteiger partial charge >= 0.3 is 5.69 Å². The van der Waals surface area contributed by atoms with Crippen molar-refractivity contribution >= 4 is 33.2 Å². The van der Waals surface area contributed by atoms with Gasteiger partial charge in [0.15, 0.2) is 0 Å². The van der Waals surface area contributed by atoms with Crippen molar-refractivity contribution in [1.29, 1.82) is 0 Å². The summed E-state index contributed by atoms with van der Waals surface area (Å²) in [6.07, 6.45) is 7.54. The summed E-state index contributed by atoms with van der Waals surface area (Å²) in [6, 6.07) is 9.43. The number of halogens is 1. The highest BCUT2D eigenvalue weighted by Gasteiger charge is 2.25. The first-order chi connectivity index (χ1) is 16.4. The summed E-state index contributed by atoms with van der Waals surface area (Å²) in [6.45, 7) is 1.95. The summed E-state index contributed by atoms with van der Waals surface area (Å²) >= 11 is 7.99. The summed E-state index contributed by atoms with van der Waals surface area (Å²) in [5.74, 6) is 0.467. The monoisotopic (exact) mass is 489 g/mol. The summed E-state index contributed by atoms with van der Waals surface area (Å²) in [4.78, 5) is 34.4. The number of hydrogen-bond donors (Lipinski definition) is 1. The second-order valence-corrected chi connectivity index (χ2v) is 10.1. The minimum absolute atomic E-state index is 0.365. The van der Waals surface area contributed by atoms with Crippen molar-refractivity contribution < 1.29 is 0 Å². The predicted molar refractivity (Wildman–Crippen MR) is 135 cm³/mol. The lowest BCUT2D eigenvalue weighted by atomic mass is 9.99. The number of nitrogens with one attached hydrogen (secondary N) is 1. The van der Waals surface area contributed by atoms with Gasteiger partial charge in [-0.15, -0.1) is 11.3 Å². The second kappa shape index (κ2) is 7.78. The largest absolute Gasteiger partial charge is 0.333 e. The Hall–Kier alpha value is -3.49. The zero-order valence-electron chi connectivity index (χ0n) is 18.5. The van der Waals surface area contributed by atoms with E-state index in [-0.39, 0.29) is 5.56 Å². The van der Waals surface area contributed by atoms with Gasteiger partial charge in [-0.2, -0.15) is 5.10 Å². The Bertz CT molecular complexity index is 1710. The Morgan fingerprint density at radius 1 is 1.15 bits per heavy atom. The molecule has 0 bridgehead atoms. The zero-order valence-corrected chi connectivity index (χ0v) is 20.1. The Morgan fingerprint density at radius 2 is 1.97 bits per heavy atom. The number of hydrogen-bond acceptors (Lipinski definition) is 5. The van der Waals surface area contributed by atoms with E-state index in [1.165, 1.54) is 15.9 Å². The van der Waals surface area contributed by atoms with Crippen LogP contribution >= 0.6 is 22.9 Å². The van der Waals surface area contributed by atoms with Gasteiger partial charge in [0.2, 0.25) is 0 Å². The number of fused-ring (bicyclic) bond motifs is 1. The number of aromatic nitrogens is 5. The normalized spacial score (nSPS) is 13.6. The number of pyridine rings is 1. The average molecular weight is 490 g/mol. The summed E-state index contributed by atoms with van der Waals surface area (Å²) in [5, 5.41) is 5.03. The van der Waals surface area contributed by atoms with Crippen LogP contribution in [0.15, 0.2) is 58.5 Å². The number of aryl methyl sites for hydroxylation is 2. The highest BCUT2D eigenvalue weighted by Crippen LogP contribution is 2.42. The number of benzene rings is 1. The van der Waals surface area contributed by atoms with Crippen molar-refractivity contribution in [3.05, 3.63) is 86.0 Å². The van der Waals surface area contributed by atoms with Crippen LogP contribution in [0.25, 0.3) is 37.5 Å². The summed E-state index contributed by atoms with van der Waals surface area (Å²) < 4.78 is 3.39. The maximum absolute atomic E-state index is 13.5. The van der Waals surface area contributed by atoms with Crippen LogP contribution in [-0.2, 0) is 7.05 Å². The second-order valence-electron chi connectivity index (χ2n) is 8.64. The van der Waals surface area contributed by atoms with Gasteiger partial charge in [0.05, 0.1) is 23.1 Å². The first-order valence-electron chi connectivity index (χ1n) is 10.9. The number of thiophene rings is 1. The Balaban J connectivity index is 1.55. The lowest BCUT2D eigenvalue weighted by molar-refractivity contribution is 0.756. The van der Waals surface area contributed by atoms with Crippen LogP contribution in [0.5, 0.6) is 0 Å². The van der Waals surface area contributed by atoms with E-state index >= 15 is 0 Å². The molecule has 7 nitrogen and oxygen atoms in total. The molecular weight excluding hydrogens is 470 g/mol. The van der Waals surface area contributed by atoms with Crippen molar-refractivity contribution in [1.82, 2.24) is 24.3 Å². The molecule has 5 aromatic rings. The van der Waals surface area contributed by atoms with E-state index in [0.717, 1.165) is 45.7 Å². The maximum Gasteiger partial charge on any atom is 0.333 e. The zero-order chi connectivity index (χ0) is 23.6. The molecule has 0 spiro atoms. The molecule has 34 heavy (non-hydrogen) atoms. The highest BCUT2D eigenvalue weighted by atomic mass is 35.5. The molecule has 0 radical (unpaired) electrons. The van der Waals surface area contributed by atoms with E-state index in [4.69, 9.17) is 11.6 Å². The highest BCUT2D eigenvalue weighted by molar-refractivity contribution is 7.22. The molecule has 6 rings (SSSR count). The SMILES string of the molecule is Cc1nn(C)cc1-c1cccc(Cl)c1-c1cc2[nH]c(=O)n(-c3cncc(C4CC4)c3)c(=O)c2s1. The van der Waals surface area contributed by atoms with Crippen molar-refractivity contribution in [3.63, 3.8) is 0 Å². The molecule has 0 saturated heterocycles. The first kappa shape index (κ1) is 21.1. The third-order valence-electron chi connectivity index (χ3n) is 6.19. The van der Waals surface area contributed by atoms with Gasteiger partial charge in [0.25, 0.3) is 5.56 Å². The van der Waals surface area contributed by atoms with Gasteiger partial charge in [-0.3, -0.25) is 14.5 Å². The molecule has 170 valence electrons. The topological polar surface area (TPSA) is 85.6 Å². The van der Waals surface area contributed by atoms with Gasteiger partial charge in [-0.1, -0.05) is 23.7 Å². The van der Waals surface area contributed by atoms with Crippen LogP contribution in [0.1, 0.15) is 30.0 Å². The molecule has 4 aromatic heterocycles. The van der Waals surface area contributed by atoms with Crippen molar-refractivity contribution in [2.75, 3.05) is 0 Å². The number of aromatic amines is 1. The van der Waals surface area contributed by atoms with Crippen LogP contribution in [0, 0.1) is 6.92 Å². The molecule has 1 aromatic carbocycles. The fraction of sp³-hybridized carbons (Fsp3) is 0.200. The van der Waals surface area contributed by atoms with E-state index in [9.17, 15) is 9.59 Å². The summed E-state index contributed by atoms with van der Waals surface area (Å²) in [5.41, 5.74) is 4.76. The molecule has 1 saturated carbocycles. The van der Waals surface area contributed by atoms with Crippen molar-refractivity contribution in [3.8, 4) is 27.3 Å². The van der Waals surface area contributed by atoms with E-state index in [1.54, 1.807) is 10.9 Å². The Kier molecular flexibility index (Phi) is 4.82. The molecule has 1 aliphatic carbocycles. The van der Waals surface area contributed by atoms with Gasteiger partial charge in [0.1, 0.15) is 4.70 Å². The minimum atomic E-state index is -0.487. The van der Waals surface area contributed by atoms with Crippen molar-refractivity contribution in [2.45, 2.75) is 25.7 Å². The van der Waals surface area contributed by atoms with Crippen LogP contribution in [0.4, 0.5) is 0 Å². The molecule has 0 aliphatic heterocycles. The molecule has 1 aliphatic rings. The molecule has 1 fully saturated rings. The fourth-order valence-corrected chi connectivity index (χ4v) is 5.89. The van der Waals surface area contributed by atoms with Crippen LogP contribution in [-0.4, -0.2) is 24.3 Å². The van der Waals surface area contributed by atoms with Crippen molar-refractivity contribution in [2.24, 2.45) is 7.05 Å². The quantitative estimate of drug-likeness (QED) is 0.383. The number of rotatable bonds is 4. The molecular formula is C25H20ClN5O2S. The van der Waals surface area contributed by atoms with E-state index in [2.05, 4.69) is 15.1 Å². The molecule has 1 N–H and O–H groups in total. The number of nitrogens with zero attached hydrogens (tertiary/aromatic N) is 4. The van der Waals surface area contributed by atoms with E-state index in [1.807, 2.05) is 56.7 Å². The van der Waals surface area contributed by atoms with Gasteiger partial charge in [-0.25, -0.2) is 9.36 Å². The van der Waals surface area contributed by atoms with E-state index in [0.29, 0.717) is 26.8 Å². The number of H-pyrrole nitrogens is 1. The smallest absolute Gasteiger partial charge is 0.306 e. The third-order valence-corrected chi connectivity index (χ3v) is 7.65. The first-order valence-corrected chi connectivity index (χ1v) is 12.1. The molecule has 4 heterocycles. The van der Waals surface area contributed by atoms with Gasteiger partial charge < -0.3 is 4.98 Å². The Morgan fingerprint density at radius 3 is 2.71 bits per heavy atom.